The van der Waals surface area contributed by atoms with Crippen molar-refractivity contribution in [3.8, 4) is 28.3 Å². The SMILES string of the molecule is COc1ccccc1-c1n[nH]c2ncc(-c3cccc(C(=O)N(C)C)c3)nc12. The van der Waals surface area contributed by atoms with Gasteiger partial charge in [0.1, 0.15) is 17.0 Å². The molecule has 0 aliphatic rings. The fraction of sp³-hybridized carbons (Fsp3) is 0.143. The average molecular weight is 373 g/mol. The summed E-state index contributed by atoms with van der Waals surface area (Å²) in [7, 11) is 5.08. The zero-order valence-corrected chi connectivity index (χ0v) is 15.8. The van der Waals surface area contributed by atoms with Crippen LogP contribution >= 0.6 is 0 Å². The Balaban J connectivity index is 1.83. The van der Waals surface area contributed by atoms with Crippen molar-refractivity contribution in [3.05, 3.63) is 60.3 Å². The number of rotatable bonds is 4. The van der Waals surface area contributed by atoms with E-state index >= 15 is 0 Å². The maximum Gasteiger partial charge on any atom is 0.253 e. The van der Waals surface area contributed by atoms with Gasteiger partial charge in [0.15, 0.2) is 5.65 Å². The van der Waals surface area contributed by atoms with E-state index < -0.39 is 0 Å². The maximum absolute atomic E-state index is 12.3. The number of methoxy groups -OCH3 is 1. The molecule has 7 nitrogen and oxygen atoms in total. The first-order valence-electron chi connectivity index (χ1n) is 8.75. The molecule has 2 aromatic heterocycles. The number of carbonyl (C=O) groups is 1. The molecule has 0 saturated carbocycles. The van der Waals surface area contributed by atoms with Gasteiger partial charge in [0.25, 0.3) is 5.91 Å². The second kappa shape index (κ2) is 7.11. The van der Waals surface area contributed by atoms with E-state index in [1.807, 2.05) is 42.5 Å². The Hall–Kier alpha value is -3.74. The van der Waals surface area contributed by atoms with Gasteiger partial charge >= 0.3 is 0 Å². The van der Waals surface area contributed by atoms with E-state index in [2.05, 4.69) is 15.2 Å². The fourth-order valence-electron chi connectivity index (χ4n) is 3.03. The largest absolute Gasteiger partial charge is 0.496 e. The van der Waals surface area contributed by atoms with Gasteiger partial charge in [-0.25, -0.2) is 9.97 Å². The van der Waals surface area contributed by atoms with E-state index in [4.69, 9.17) is 9.72 Å². The second-order valence-corrected chi connectivity index (χ2v) is 6.51. The van der Waals surface area contributed by atoms with Crippen LogP contribution in [-0.2, 0) is 0 Å². The van der Waals surface area contributed by atoms with Crippen LogP contribution in [0.15, 0.2) is 54.7 Å². The zero-order chi connectivity index (χ0) is 19.7. The molecule has 0 unspecified atom stereocenters. The number of H-pyrrole nitrogens is 1. The van der Waals surface area contributed by atoms with E-state index in [1.54, 1.807) is 38.4 Å². The van der Waals surface area contributed by atoms with Gasteiger partial charge in [-0.3, -0.25) is 9.89 Å². The highest BCUT2D eigenvalue weighted by molar-refractivity contribution is 5.95. The van der Waals surface area contributed by atoms with Gasteiger partial charge in [-0.15, -0.1) is 0 Å². The van der Waals surface area contributed by atoms with Gasteiger partial charge in [-0.1, -0.05) is 24.3 Å². The molecule has 0 atom stereocenters. The Morgan fingerprint density at radius 1 is 1.11 bits per heavy atom. The van der Waals surface area contributed by atoms with Crippen molar-refractivity contribution < 1.29 is 9.53 Å². The van der Waals surface area contributed by atoms with Crippen LogP contribution in [0.4, 0.5) is 0 Å². The van der Waals surface area contributed by atoms with Crippen LogP contribution in [0, 0.1) is 0 Å². The van der Waals surface area contributed by atoms with Gasteiger partial charge in [-0.2, -0.15) is 5.10 Å². The summed E-state index contributed by atoms with van der Waals surface area (Å²) in [6.45, 7) is 0. The third-order valence-corrected chi connectivity index (χ3v) is 4.44. The second-order valence-electron chi connectivity index (χ2n) is 6.51. The highest BCUT2D eigenvalue weighted by Crippen LogP contribution is 2.32. The molecule has 0 spiro atoms. The number of amides is 1. The van der Waals surface area contributed by atoms with Crippen molar-refractivity contribution in [1.29, 1.82) is 0 Å². The smallest absolute Gasteiger partial charge is 0.253 e. The van der Waals surface area contributed by atoms with Crippen LogP contribution in [0.3, 0.4) is 0 Å². The minimum Gasteiger partial charge on any atom is -0.496 e. The molecule has 0 fully saturated rings. The normalized spacial score (nSPS) is 10.8. The molecule has 2 heterocycles. The summed E-state index contributed by atoms with van der Waals surface area (Å²) in [5, 5.41) is 7.31. The van der Waals surface area contributed by atoms with E-state index in [1.165, 1.54) is 0 Å². The predicted molar refractivity (Wildman–Crippen MR) is 107 cm³/mol. The van der Waals surface area contributed by atoms with Gasteiger partial charge in [0.05, 0.1) is 19.0 Å². The number of hydrogen-bond donors (Lipinski definition) is 1. The molecule has 0 aliphatic carbocycles. The average Bonchev–Trinajstić information content (AvgIpc) is 3.16. The van der Waals surface area contributed by atoms with Gasteiger partial charge in [0, 0.05) is 30.8 Å². The molecule has 7 heteroatoms. The molecular formula is C21H19N5O2. The van der Waals surface area contributed by atoms with Crippen molar-refractivity contribution in [2.24, 2.45) is 0 Å². The fourth-order valence-corrected chi connectivity index (χ4v) is 3.03. The summed E-state index contributed by atoms with van der Waals surface area (Å²) < 4.78 is 5.45. The van der Waals surface area contributed by atoms with E-state index in [9.17, 15) is 4.79 Å². The molecule has 0 saturated heterocycles. The number of benzene rings is 2. The van der Waals surface area contributed by atoms with Crippen LogP contribution in [-0.4, -0.2) is 52.2 Å². The van der Waals surface area contributed by atoms with Crippen molar-refractivity contribution in [2.45, 2.75) is 0 Å². The van der Waals surface area contributed by atoms with Crippen LogP contribution in [0.25, 0.3) is 33.7 Å². The Bertz CT molecular complexity index is 1170. The molecular weight excluding hydrogens is 354 g/mol. The quantitative estimate of drug-likeness (QED) is 0.593. The Morgan fingerprint density at radius 2 is 1.93 bits per heavy atom. The van der Waals surface area contributed by atoms with Crippen molar-refractivity contribution in [1.82, 2.24) is 25.1 Å². The van der Waals surface area contributed by atoms with Gasteiger partial charge < -0.3 is 9.64 Å². The lowest BCUT2D eigenvalue weighted by molar-refractivity contribution is 0.0827. The van der Waals surface area contributed by atoms with Crippen LogP contribution in [0.2, 0.25) is 0 Å². The highest BCUT2D eigenvalue weighted by atomic mass is 16.5. The van der Waals surface area contributed by atoms with E-state index in [0.717, 1.165) is 11.1 Å². The molecule has 28 heavy (non-hydrogen) atoms. The number of fused-ring (bicyclic) bond motifs is 1. The predicted octanol–water partition coefficient (Wildman–Crippen LogP) is 3.40. The maximum atomic E-state index is 12.3. The van der Waals surface area contributed by atoms with E-state index in [-0.39, 0.29) is 5.91 Å². The van der Waals surface area contributed by atoms with Gasteiger partial charge in [-0.05, 0) is 24.3 Å². The number of ether oxygens (including phenoxy) is 1. The molecule has 0 radical (unpaired) electrons. The monoisotopic (exact) mass is 373 g/mol. The lowest BCUT2D eigenvalue weighted by Crippen LogP contribution is -2.21. The number of nitrogens with zero attached hydrogens (tertiary/aromatic N) is 4. The molecule has 1 amide bonds. The number of hydrogen-bond acceptors (Lipinski definition) is 5. The third-order valence-electron chi connectivity index (χ3n) is 4.44. The topological polar surface area (TPSA) is 84.0 Å². The first-order valence-corrected chi connectivity index (χ1v) is 8.75. The molecule has 1 N–H and O–H groups in total. The number of nitrogens with one attached hydrogen (secondary N) is 1. The van der Waals surface area contributed by atoms with Crippen molar-refractivity contribution in [3.63, 3.8) is 0 Å². The number of para-hydroxylation sites is 1. The summed E-state index contributed by atoms with van der Waals surface area (Å²) >= 11 is 0. The Morgan fingerprint density at radius 3 is 2.71 bits per heavy atom. The lowest BCUT2D eigenvalue weighted by Gasteiger charge is -2.11. The first kappa shape index (κ1) is 17.7. The lowest BCUT2D eigenvalue weighted by atomic mass is 10.1. The minimum atomic E-state index is -0.0612. The van der Waals surface area contributed by atoms with Gasteiger partial charge in [0.2, 0.25) is 0 Å². The summed E-state index contributed by atoms with van der Waals surface area (Å²) in [6.07, 6.45) is 1.67. The highest BCUT2D eigenvalue weighted by Gasteiger charge is 2.16. The number of aromatic amines is 1. The standard InChI is InChI=1S/C21H19N5O2/c1-26(2)21(27)14-8-6-7-13(11-14)16-12-22-20-19(23-16)18(24-25-20)15-9-4-5-10-17(15)28-3/h4-12H,1-3H3,(H,22,24,25). The molecule has 0 bridgehead atoms. The summed E-state index contributed by atoms with van der Waals surface area (Å²) in [6, 6.07) is 15.0. The first-order chi connectivity index (χ1) is 13.6. The van der Waals surface area contributed by atoms with E-state index in [0.29, 0.717) is 33.9 Å². The summed E-state index contributed by atoms with van der Waals surface area (Å²) in [5.74, 6) is 0.649. The number of aromatic nitrogens is 4. The Kier molecular flexibility index (Phi) is 4.49. The molecule has 0 aliphatic heterocycles. The molecule has 4 rings (SSSR count). The van der Waals surface area contributed by atoms with Crippen molar-refractivity contribution >= 4 is 17.1 Å². The number of carbonyl (C=O) groups excluding carboxylic acids is 1. The zero-order valence-electron chi connectivity index (χ0n) is 15.8. The van der Waals surface area contributed by atoms with Crippen molar-refractivity contribution in [2.75, 3.05) is 21.2 Å². The van der Waals surface area contributed by atoms with Crippen LogP contribution in [0.5, 0.6) is 5.75 Å². The summed E-state index contributed by atoms with van der Waals surface area (Å²) in [5.41, 5.74) is 4.81. The molecule has 4 aromatic rings. The summed E-state index contributed by atoms with van der Waals surface area (Å²) in [4.78, 5) is 23.0. The third kappa shape index (κ3) is 3.07. The molecule has 2 aromatic carbocycles. The van der Waals surface area contributed by atoms with Crippen LogP contribution < -0.4 is 4.74 Å². The molecule has 140 valence electrons. The minimum absolute atomic E-state index is 0.0612. The van der Waals surface area contributed by atoms with Crippen LogP contribution in [0.1, 0.15) is 10.4 Å². The Labute approximate surface area is 162 Å².